The highest BCUT2D eigenvalue weighted by molar-refractivity contribution is 6.06. The van der Waals surface area contributed by atoms with Crippen molar-refractivity contribution < 1.29 is 13.6 Å². The van der Waals surface area contributed by atoms with Crippen LogP contribution in [0, 0.1) is 0 Å². The van der Waals surface area contributed by atoms with Crippen molar-refractivity contribution in [3.8, 4) is 0 Å². The molecule has 2 nitrogen and oxygen atoms in total. The molecule has 1 radical (unpaired) electrons. The molecule has 0 spiro atoms. The van der Waals surface area contributed by atoms with Gasteiger partial charge in [0.05, 0.1) is 11.4 Å². The van der Waals surface area contributed by atoms with Gasteiger partial charge in [0.15, 0.2) is 11.7 Å². The molecule has 0 saturated carbocycles. The lowest BCUT2D eigenvalue weighted by atomic mass is 10.2. The maximum atomic E-state index is 12.6. The molecule has 0 fully saturated rings. The minimum Gasteiger partial charge on any atom is -0.283 e. The minimum atomic E-state index is -1.20. The average Bonchev–Trinajstić information content (AvgIpc) is 1.97. The zero-order valence-electron chi connectivity index (χ0n) is 6.11. The Kier molecular flexibility index (Phi) is 1.76. The normalized spacial score (nSPS) is 19.1. The van der Waals surface area contributed by atoms with Gasteiger partial charge in [-0.15, -0.1) is 0 Å². The Hall–Kier alpha value is -1.19. The van der Waals surface area contributed by atoms with Crippen LogP contribution in [-0.2, 0) is 4.79 Å². The summed E-state index contributed by atoms with van der Waals surface area (Å²) in [7, 11) is 0. The van der Waals surface area contributed by atoms with Crippen LogP contribution in [0.4, 0.5) is 8.78 Å². The number of carbonyl (C=O) groups excluding carboxylic acids is 1. The van der Waals surface area contributed by atoms with Crippen molar-refractivity contribution >= 4 is 5.78 Å². The van der Waals surface area contributed by atoms with Gasteiger partial charge in [-0.05, 0) is 13.8 Å². The van der Waals surface area contributed by atoms with E-state index in [-0.39, 0.29) is 11.4 Å². The number of hydrogen-bond acceptors (Lipinski definition) is 1. The van der Waals surface area contributed by atoms with E-state index in [0.717, 1.165) is 0 Å². The van der Waals surface area contributed by atoms with Gasteiger partial charge in [-0.2, -0.15) is 0 Å². The van der Waals surface area contributed by atoms with Crippen molar-refractivity contribution in [1.29, 1.82) is 0 Å². The van der Waals surface area contributed by atoms with E-state index in [1.54, 1.807) is 0 Å². The molecule has 0 bridgehead atoms. The minimum absolute atomic E-state index is 0.0612. The fourth-order valence-electron chi connectivity index (χ4n) is 0.775. The van der Waals surface area contributed by atoms with Gasteiger partial charge in [-0.25, -0.2) is 8.78 Å². The predicted molar refractivity (Wildman–Crippen MR) is 34.8 cm³/mol. The summed E-state index contributed by atoms with van der Waals surface area (Å²) in [5, 5.41) is 3.48. The molecule has 0 aromatic carbocycles. The van der Waals surface area contributed by atoms with Crippen LogP contribution in [0.5, 0.6) is 0 Å². The molecule has 59 valence electrons. The number of hydrogen-bond donors (Lipinski definition) is 0. The fourth-order valence-corrected chi connectivity index (χ4v) is 0.775. The third-order valence-electron chi connectivity index (χ3n) is 1.37. The second-order valence-corrected chi connectivity index (χ2v) is 2.24. The molecule has 1 aliphatic heterocycles. The smallest absolute Gasteiger partial charge is 0.253 e. The van der Waals surface area contributed by atoms with E-state index in [9.17, 15) is 13.6 Å². The molecule has 11 heavy (non-hydrogen) atoms. The van der Waals surface area contributed by atoms with Crippen molar-refractivity contribution in [2.75, 3.05) is 0 Å². The second-order valence-electron chi connectivity index (χ2n) is 2.24. The maximum Gasteiger partial charge on any atom is 0.253 e. The Balaban J connectivity index is 3.09. The summed E-state index contributed by atoms with van der Waals surface area (Å²) in [5.74, 6) is -3.41. The third-order valence-corrected chi connectivity index (χ3v) is 1.37. The Morgan fingerprint density at radius 1 is 1.09 bits per heavy atom. The third kappa shape index (κ3) is 1.15. The lowest BCUT2D eigenvalue weighted by Gasteiger charge is -2.10. The zero-order chi connectivity index (χ0) is 8.59. The predicted octanol–water partition coefficient (Wildman–Crippen LogP) is 1.58. The van der Waals surface area contributed by atoms with Crippen LogP contribution in [0.25, 0.3) is 0 Å². The van der Waals surface area contributed by atoms with Crippen molar-refractivity contribution in [1.82, 2.24) is 5.32 Å². The number of carbonyl (C=O) groups is 1. The fraction of sp³-hybridized carbons (Fsp3) is 0.286. The van der Waals surface area contributed by atoms with Gasteiger partial charge >= 0.3 is 0 Å². The maximum absolute atomic E-state index is 12.6. The SMILES string of the molecule is CC1=C(F)C(=O)C(F)=C(C)[N]1. The molecule has 0 saturated heterocycles. The van der Waals surface area contributed by atoms with Gasteiger partial charge in [-0.1, -0.05) is 0 Å². The Bertz CT molecular complexity index is 252. The van der Waals surface area contributed by atoms with Crippen molar-refractivity contribution in [2.45, 2.75) is 13.8 Å². The molecule has 4 heteroatoms. The van der Waals surface area contributed by atoms with E-state index >= 15 is 0 Å². The number of rotatable bonds is 0. The topological polar surface area (TPSA) is 31.2 Å². The summed E-state index contributed by atoms with van der Waals surface area (Å²) in [6.07, 6.45) is 0. The molecule has 0 atom stereocenters. The molecule has 0 amide bonds. The first-order valence-electron chi connectivity index (χ1n) is 3.03. The van der Waals surface area contributed by atoms with E-state index in [1.807, 2.05) is 0 Å². The van der Waals surface area contributed by atoms with Gasteiger partial charge in [0.2, 0.25) is 0 Å². The summed E-state index contributed by atoms with van der Waals surface area (Å²) >= 11 is 0. The lowest BCUT2D eigenvalue weighted by molar-refractivity contribution is -0.115. The first-order valence-corrected chi connectivity index (χ1v) is 3.03. The number of halogens is 2. The molecule has 0 unspecified atom stereocenters. The Labute approximate surface area is 62.6 Å². The summed E-state index contributed by atoms with van der Waals surface area (Å²) in [5.41, 5.74) is -0.122. The summed E-state index contributed by atoms with van der Waals surface area (Å²) in [6, 6.07) is 0. The van der Waals surface area contributed by atoms with Crippen LogP contribution in [0.2, 0.25) is 0 Å². The molecule has 0 aromatic heterocycles. The highest BCUT2D eigenvalue weighted by atomic mass is 19.1. The number of allylic oxidation sites excluding steroid dienone is 4. The van der Waals surface area contributed by atoms with Crippen molar-refractivity contribution in [3.05, 3.63) is 23.0 Å². The summed E-state index contributed by atoms with van der Waals surface area (Å²) in [6.45, 7) is 2.65. The average molecular weight is 158 g/mol. The van der Waals surface area contributed by atoms with E-state index in [1.165, 1.54) is 13.8 Å². The number of Topliss-reactive ketones (excluding diaryl/α,β-unsaturated/α-hetero) is 1. The lowest BCUT2D eigenvalue weighted by Crippen LogP contribution is -2.16. The molecule has 0 aliphatic carbocycles. The first kappa shape index (κ1) is 7.91. The van der Waals surface area contributed by atoms with Gasteiger partial charge in [0, 0.05) is 0 Å². The molecule has 0 N–H and O–H groups in total. The van der Waals surface area contributed by atoms with E-state index in [2.05, 4.69) is 5.32 Å². The number of nitrogens with zero attached hydrogens (tertiary/aromatic N) is 1. The standard InChI is InChI=1S/C7H6F2NO/c1-3-5(8)7(11)6(9)4(2)10-3/h1-2H3. The van der Waals surface area contributed by atoms with E-state index in [4.69, 9.17) is 0 Å². The van der Waals surface area contributed by atoms with Gasteiger partial charge in [0.25, 0.3) is 5.78 Å². The van der Waals surface area contributed by atoms with E-state index < -0.39 is 17.4 Å². The van der Waals surface area contributed by atoms with Gasteiger partial charge in [0.1, 0.15) is 0 Å². The van der Waals surface area contributed by atoms with Crippen LogP contribution in [-0.4, -0.2) is 5.78 Å². The van der Waals surface area contributed by atoms with Crippen LogP contribution in [0.1, 0.15) is 13.8 Å². The molecule has 0 aromatic rings. The van der Waals surface area contributed by atoms with Crippen LogP contribution >= 0.6 is 0 Å². The Morgan fingerprint density at radius 3 is 1.82 bits per heavy atom. The first-order chi connectivity index (χ1) is 5.04. The molecular weight excluding hydrogens is 152 g/mol. The van der Waals surface area contributed by atoms with Crippen LogP contribution in [0.3, 0.4) is 0 Å². The highest BCUT2D eigenvalue weighted by Gasteiger charge is 2.26. The van der Waals surface area contributed by atoms with Crippen molar-refractivity contribution in [3.63, 3.8) is 0 Å². The highest BCUT2D eigenvalue weighted by Crippen LogP contribution is 2.21. The number of ketones is 1. The molecule has 1 heterocycles. The Morgan fingerprint density at radius 2 is 1.45 bits per heavy atom. The summed E-state index contributed by atoms with van der Waals surface area (Å²) < 4.78 is 25.1. The zero-order valence-corrected chi connectivity index (χ0v) is 6.11. The second kappa shape index (κ2) is 2.45. The van der Waals surface area contributed by atoms with E-state index in [0.29, 0.717) is 0 Å². The van der Waals surface area contributed by atoms with Crippen molar-refractivity contribution in [2.24, 2.45) is 0 Å². The monoisotopic (exact) mass is 158 g/mol. The van der Waals surface area contributed by atoms with Crippen LogP contribution < -0.4 is 5.32 Å². The quantitative estimate of drug-likeness (QED) is 0.526. The molecular formula is C7H6F2NO. The molecule has 1 rings (SSSR count). The van der Waals surface area contributed by atoms with Gasteiger partial charge < -0.3 is 0 Å². The molecule has 1 aliphatic rings. The van der Waals surface area contributed by atoms with Gasteiger partial charge in [-0.3, -0.25) is 10.1 Å². The largest absolute Gasteiger partial charge is 0.283 e. The summed E-state index contributed by atoms with van der Waals surface area (Å²) in [4.78, 5) is 10.6. The van der Waals surface area contributed by atoms with Crippen LogP contribution in [0.15, 0.2) is 23.0 Å².